The van der Waals surface area contributed by atoms with Gasteiger partial charge < -0.3 is 10.2 Å². The van der Waals surface area contributed by atoms with Gasteiger partial charge in [-0.2, -0.15) is 9.40 Å². The smallest absolute Gasteiger partial charge is 0.276 e. The number of sulfonamides is 1. The van der Waals surface area contributed by atoms with Gasteiger partial charge in [0.05, 0.1) is 4.90 Å². The lowest BCUT2D eigenvalue weighted by molar-refractivity contribution is 0.102. The van der Waals surface area contributed by atoms with Gasteiger partial charge in [0.2, 0.25) is 10.0 Å². The van der Waals surface area contributed by atoms with Crippen LogP contribution < -0.4 is 10.9 Å². The van der Waals surface area contributed by atoms with Crippen LogP contribution in [0.15, 0.2) is 46.1 Å². The first-order valence-electron chi connectivity index (χ1n) is 8.02. The summed E-state index contributed by atoms with van der Waals surface area (Å²) in [5, 5.41) is 8.43. The monoisotopic (exact) mass is 377 g/mol. The molecule has 26 heavy (non-hydrogen) atoms. The van der Waals surface area contributed by atoms with E-state index in [0.29, 0.717) is 31.9 Å². The SMILES string of the molecule is CN1CCN(S(=O)(=O)c2ccc(NC(=O)c3ccc(=O)[nH]n3)cc2)CC1. The molecular weight excluding hydrogens is 358 g/mol. The molecule has 2 N–H and O–H groups in total. The molecule has 1 saturated heterocycles. The number of hydrogen-bond acceptors (Lipinski definition) is 6. The standard InChI is InChI=1S/C16H19N5O4S/c1-20-8-10-21(11-9-20)26(24,25)13-4-2-12(3-5-13)17-16(23)14-6-7-15(22)19-18-14/h2-7H,8-11H2,1H3,(H,17,23)(H,19,22). The second-order valence-corrected chi connectivity index (χ2v) is 7.93. The van der Waals surface area contributed by atoms with Crippen molar-refractivity contribution in [2.24, 2.45) is 0 Å². The Hall–Kier alpha value is -2.56. The van der Waals surface area contributed by atoms with E-state index >= 15 is 0 Å². The number of hydrogen-bond donors (Lipinski definition) is 2. The third-order valence-corrected chi connectivity index (χ3v) is 6.04. The van der Waals surface area contributed by atoms with Gasteiger partial charge in [0.1, 0.15) is 5.69 Å². The van der Waals surface area contributed by atoms with Crippen molar-refractivity contribution in [2.45, 2.75) is 4.90 Å². The van der Waals surface area contributed by atoms with Crippen LogP contribution in [0.25, 0.3) is 0 Å². The highest BCUT2D eigenvalue weighted by atomic mass is 32.2. The minimum Gasteiger partial charge on any atom is -0.321 e. The molecule has 1 amide bonds. The van der Waals surface area contributed by atoms with Gasteiger partial charge in [-0.3, -0.25) is 9.59 Å². The van der Waals surface area contributed by atoms with Gasteiger partial charge in [0.15, 0.2) is 0 Å². The molecule has 1 fully saturated rings. The van der Waals surface area contributed by atoms with Crippen LogP contribution in [0.4, 0.5) is 5.69 Å². The second kappa shape index (κ2) is 7.36. The molecule has 3 rings (SSSR count). The molecule has 2 aromatic rings. The topological polar surface area (TPSA) is 115 Å². The molecule has 1 aromatic carbocycles. The van der Waals surface area contributed by atoms with E-state index < -0.39 is 21.5 Å². The first kappa shape index (κ1) is 18.2. The van der Waals surface area contributed by atoms with Crippen molar-refractivity contribution in [3.8, 4) is 0 Å². The lowest BCUT2D eigenvalue weighted by Gasteiger charge is -2.31. The Kier molecular flexibility index (Phi) is 5.16. The van der Waals surface area contributed by atoms with Gasteiger partial charge >= 0.3 is 0 Å². The molecule has 0 atom stereocenters. The summed E-state index contributed by atoms with van der Waals surface area (Å²) < 4.78 is 26.8. The maximum atomic E-state index is 12.7. The molecule has 138 valence electrons. The van der Waals surface area contributed by atoms with E-state index in [1.54, 1.807) is 0 Å². The number of amides is 1. The fourth-order valence-corrected chi connectivity index (χ4v) is 3.98. The molecule has 0 bridgehead atoms. The van der Waals surface area contributed by atoms with Gasteiger partial charge in [-0.25, -0.2) is 13.5 Å². The van der Waals surface area contributed by atoms with Gasteiger partial charge in [-0.1, -0.05) is 0 Å². The molecule has 0 unspecified atom stereocenters. The van der Waals surface area contributed by atoms with Crippen LogP contribution in [0.1, 0.15) is 10.5 Å². The number of carbonyl (C=O) groups is 1. The predicted octanol–water partition coefficient (Wildman–Crippen LogP) is -0.0417. The van der Waals surface area contributed by atoms with Crippen molar-refractivity contribution < 1.29 is 13.2 Å². The molecule has 0 saturated carbocycles. The first-order chi connectivity index (χ1) is 12.4. The lowest BCUT2D eigenvalue weighted by Crippen LogP contribution is -2.46. The quantitative estimate of drug-likeness (QED) is 0.772. The van der Waals surface area contributed by atoms with Crippen molar-refractivity contribution in [1.82, 2.24) is 19.4 Å². The van der Waals surface area contributed by atoms with E-state index in [9.17, 15) is 18.0 Å². The van der Waals surface area contributed by atoms with Crippen molar-refractivity contribution in [3.05, 3.63) is 52.4 Å². The zero-order valence-corrected chi connectivity index (χ0v) is 15.0. The van der Waals surface area contributed by atoms with E-state index in [0.717, 1.165) is 0 Å². The fraction of sp³-hybridized carbons (Fsp3) is 0.312. The number of aromatic nitrogens is 2. The zero-order chi connectivity index (χ0) is 18.7. The number of H-pyrrole nitrogens is 1. The Balaban J connectivity index is 1.71. The number of benzene rings is 1. The lowest BCUT2D eigenvalue weighted by atomic mass is 10.3. The summed E-state index contributed by atoms with van der Waals surface area (Å²) in [7, 11) is -1.59. The maximum absolute atomic E-state index is 12.7. The Morgan fingerprint density at radius 3 is 2.31 bits per heavy atom. The molecular formula is C16H19N5O4S. The number of rotatable bonds is 4. The number of piperazine rings is 1. The molecule has 1 aliphatic rings. The highest BCUT2D eigenvalue weighted by Gasteiger charge is 2.27. The third-order valence-electron chi connectivity index (χ3n) is 4.12. The van der Waals surface area contributed by atoms with Crippen molar-refractivity contribution in [2.75, 3.05) is 38.5 Å². The Labute approximate surface area is 150 Å². The summed E-state index contributed by atoms with van der Waals surface area (Å²) in [5.41, 5.74) is 0.0825. The first-order valence-corrected chi connectivity index (χ1v) is 9.46. The number of nitrogens with one attached hydrogen (secondary N) is 2. The van der Waals surface area contributed by atoms with Gasteiger partial charge in [0.25, 0.3) is 11.5 Å². The molecule has 1 aliphatic heterocycles. The van der Waals surface area contributed by atoms with Gasteiger partial charge in [-0.05, 0) is 37.4 Å². The summed E-state index contributed by atoms with van der Waals surface area (Å²) in [5.74, 6) is -0.504. The number of carbonyl (C=O) groups excluding carboxylic acids is 1. The second-order valence-electron chi connectivity index (χ2n) is 5.99. The average Bonchev–Trinajstić information content (AvgIpc) is 2.63. The van der Waals surface area contributed by atoms with Crippen molar-refractivity contribution in [1.29, 1.82) is 0 Å². The van der Waals surface area contributed by atoms with Crippen LogP contribution in [-0.2, 0) is 10.0 Å². The highest BCUT2D eigenvalue weighted by Crippen LogP contribution is 2.20. The van der Waals surface area contributed by atoms with Crippen molar-refractivity contribution >= 4 is 21.6 Å². The average molecular weight is 377 g/mol. The molecule has 2 heterocycles. The van der Waals surface area contributed by atoms with Crippen LogP contribution in [0, 0.1) is 0 Å². The molecule has 0 radical (unpaired) electrons. The molecule has 0 aliphatic carbocycles. The van der Waals surface area contributed by atoms with E-state index in [1.165, 1.54) is 40.7 Å². The fourth-order valence-electron chi connectivity index (χ4n) is 2.55. The largest absolute Gasteiger partial charge is 0.321 e. The van der Waals surface area contributed by atoms with Gasteiger partial charge in [0, 0.05) is 37.9 Å². The summed E-state index contributed by atoms with van der Waals surface area (Å²) in [6.45, 7) is 2.30. The number of likely N-dealkylation sites (N-methyl/N-ethyl adjacent to an activating group) is 1. The van der Waals surface area contributed by atoms with Crippen LogP contribution in [0.5, 0.6) is 0 Å². The van der Waals surface area contributed by atoms with Crippen molar-refractivity contribution in [3.63, 3.8) is 0 Å². The molecule has 1 aromatic heterocycles. The molecule has 9 nitrogen and oxygen atoms in total. The van der Waals surface area contributed by atoms with Gasteiger partial charge in [-0.15, -0.1) is 0 Å². The Morgan fingerprint density at radius 1 is 1.08 bits per heavy atom. The normalized spacial score (nSPS) is 16.3. The maximum Gasteiger partial charge on any atom is 0.276 e. The van der Waals surface area contributed by atoms with E-state index in [2.05, 4.69) is 20.4 Å². The molecule has 10 heteroatoms. The van der Waals surface area contributed by atoms with E-state index in [4.69, 9.17) is 0 Å². The summed E-state index contributed by atoms with van der Waals surface area (Å²) in [6.07, 6.45) is 0. The van der Waals surface area contributed by atoms with Crippen LogP contribution in [0.3, 0.4) is 0 Å². The third kappa shape index (κ3) is 3.98. The summed E-state index contributed by atoms with van der Waals surface area (Å²) in [4.78, 5) is 25.3. The summed E-state index contributed by atoms with van der Waals surface area (Å²) >= 11 is 0. The zero-order valence-electron chi connectivity index (χ0n) is 14.2. The van der Waals surface area contributed by atoms with Crippen LogP contribution in [-0.4, -0.2) is 67.0 Å². The Morgan fingerprint density at radius 2 is 1.73 bits per heavy atom. The number of nitrogens with zero attached hydrogens (tertiary/aromatic N) is 3. The summed E-state index contributed by atoms with van der Waals surface area (Å²) in [6, 6.07) is 8.47. The van der Waals surface area contributed by atoms with Crippen LogP contribution >= 0.6 is 0 Å². The van der Waals surface area contributed by atoms with Crippen LogP contribution in [0.2, 0.25) is 0 Å². The minimum atomic E-state index is -3.55. The molecule has 0 spiro atoms. The number of aromatic amines is 1. The predicted molar refractivity (Wildman–Crippen MR) is 95.5 cm³/mol. The minimum absolute atomic E-state index is 0.0544. The van der Waals surface area contributed by atoms with E-state index in [-0.39, 0.29) is 10.6 Å². The Bertz CT molecular complexity index is 927. The van der Waals surface area contributed by atoms with E-state index in [1.807, 2.05) is 7.05 Å². The highest BCUT2D eigenvalue weighted by molar-refractivity contribution is 7.89. The number of anilines is 1.